The van der Waals surface area contributed by atoms with E-state index in [-0.39, 0.29) is 28.4 Å². The average molecular weight is 594 g/mol. The summed E-state index contributed by atoms with van der Waals surface area (Å²) in [5.74, 6) is -0.970. The molecular formula is C29H21ClFN3O4S2. The molecule has 3 heterocycles. The summed E-state index contributed by atoms with van der Waals surface area (Å²) in [4.78, 5) is 28.2. The van der Waals surface area contributed by atoms with Gasteiger partial charge in [-0.15, -0.1) is 10.2 Å². The van der Waals surface area contributed by atoms with Crippen LogP contribution in [0.2, 0.25) is 5.02 Å². The van der Waals surface area contributed by atoms with Gasteiger partial charge in [0.2, 0.25) is 5.13 Å². The van der Waals surface area contributed by atoms with E-state index in [4.69, 9.17) is 16.3 Å². The van der Waals surface area contributed by atoms with Gasteiger partial charge < -0.3 is 9.84 Å². The molecule has 3 aromatic carbocycles. The number of carbonyl (C=O) groups excluding carboxylic acids is 2. The monoisotopic (exact) mass is 593 g/mol. The van der Waals surface area contributed by atoms with Crippen molar-refractivity contribution in [2.45, 2.75) is 35.6 Å². The highest BCUT2D eigenvalue weighted by atomic mass is 35.5. The van der Waals surface area contributed by atoms with Gasteiger partial charge in [-0.25, -0.2) is 4.39 Å². The molecule has 40 heavy (non-hydrogen) atoms. The third-order valence-electron chi connectivity index (χ3n) is 6.68. The first-order valence-electron chi connectivity index (χ1n) is 12.4. The fourth-order valence-corrected chi connectivity index (χ4v) is 6.75. The number of rotatable bonds is 6. The SMILES string of the molecule is CC1Cc2cc(/C(O)=C3\C(=O)C(=O)N(c4nnc(SCc5ccc(F)cc5)s4)C3c3ccc(Cl)cc3)ccc2O1. The molecule has 1 amide bonds. The Labute approximate surface area is 242 Å². The molecule has 2 aliphatic heterocycles. The number of aliphatic hydroxyl groups is 1. The summed E-state index contributed by atoms with van der Waals surface area (Å²) in [5, 5.41) is 20.6. The van der Waals surface area contributed by atoms with Crippen LogP contribution in [0.3, 0.4) is 0 Å². The van der Waals surface area contributed by atoms with Crippen LogP contribution >= 0.6 is 34.7 Å². The average Bonchev–Trinajstić information content (AvgIpc) is 3.63. The molecule has 4 aromatic rings. The Morgan fingerprint density at radius 1 is 1.12 bits per heavy atom. The molecule has 11 heteroatoms. The van der Waals surface area contributed by atoms with Crippen LogP contribution in [0.25, 0.3) is 5.76 Å². The molecular weight excluding hydrogens is 573 g/mol. The molecule has 202 valence electrons. The van der Waals surface area contributed by atoms with Crippen molar-refractivity contribution in [3.05, 3.63) is 105 Å². The van der Waals surface area contributed by atoms with Crippen LogP contribution in [0, 0.1) is 5.82 Å². The van der Waals surface area contributed by atoms with E-state index in [0.717, 1.165) is 28.2 Å². The van der Waals surface area contributed by atoms with E-state index in [1.165, 1.54) is 28.8 Å². The summed E-state index contributed by atoms with van der Waals surface area (Å²) >= 11 is 8.67. The highest BCUT2D eigenvalue weighted by Gasteiger charge is 2.48. The molecule has 0 bridgehead atoms. The van der Waals surface area contributed by atoms with E-state index in [1.54, 1.807) is 54.6 Å². The Balaban J connectivity index is 1.38. The zero-order valence-electron chi connectivity index (χ0n) is 21.0. The molecule has 1 saturated heterocycles. The first kappa shape index (κ1) is 26.5. The molecule has 1 fully saturated rings. The van der Waals surface area contributed by atoms with Crippen molar-refractivity contribution in [3.8, 4) is 5.75 Å². The van der Waals surface area contributed by atoms with Crippen molar-refractivity contribution in [2.24, 2.45) is 0 Å². The number of thioether (sulfide) groups is 1. The molecule has 6 rings (SSSR count). The van der Waals surface area contributed by atoms with Crippen LogP contribution < -0.4 is 9.64 Å². The topological polar surface area (TPSA) is 92.6 Å². The smallest absolute Gasteiger partial charge is 0.301 e. The highest BCUT2D eigenvalue weighted by Crippen LogP contribution is 2.44. The summed E-state index contributed by atoms with van der Waals surface area (Å²) < 4.78 is 19.6. The van der Waals surface area contributed by atoms with Crippen molar-refractivity contribution in [3.63, 3.8) is 0 Å². The number of ketones is 1. The summed E-state index contributed by atoms with van der Waals surface area (Å²) in [5.41, 5.74) is 2.77. The molecule has 7 nitrogen and oxygen atoms in total. The lowest BCUT2D eigenvalue weighted by Gasteiger charge is -2.22. The van der Waals surface area contributed by atoms with E-state index in [1.807, 2.05) is 6.92 Å². The fraction of sp³-hybridized carbons (Fsp3) is 0.172. The maximum Gasteiger partial charge on any atom is 0.301 e. The maximum absolute atomic E-state index is 13.4. The quantitative estimate of drug-likeness (QED) is 0.0888. The minimum atomic E-state index is -0.941. The number of halogens is 2. The molecule has 0 spiro atoms. The van der Waals surface area contributed by atoms with E-state index in [9.17, 15) is 19.1 Å². The van der Waals surface area contributed by atoms with Gasteiger partial charge in [-0.05, 0) is 66.1 Å². The number of aliphatic hydroxyl groups excluding tert-OH is 1. The van der Waals surface area contributed by atoms with Crippen LogP contribution in [0.1, 0.15) is 35.2 Å². The number of hydrogen-bond acceptors (Lipinski definition) is 8. The predicted molar refractivity (Wildman–Crippen MR) is 152 cm³/mol. The second-order valence-electron chi connectivity index (χ2n) is 9.44. The molecule has 2 aliphatic rings. The number of carbonyl (C=O) groups is 2. The maximum atomic E-state index is 13.4. The van der Waals surface area contributed by atoms with Gasteiger partial charge in [-0.3, -0.25) is 14.5 Å². The van der Waals surface area contributed by atoms with Crippen molar-refractivity contribution in [1.29, 1.82) is 0 Å². The Morgan fingerprint density at radius 3 is 2.62 bits per heavy atom. The zero-order chi connectivity index (χ0) is 28.0. The molecule has 1 N–H and O–H groups in total. The molecule has 2 atom stereocenters. The Morgan fingerprint density at radius 2 is 1.88 bits per heavy atom. The van der Waals surface area contributed by atoms with Gasteiger partial charge in [0, 0.05) is 22.8 Å². The summed E-state index contributed by atoms with van der Waals surface area (Å²) in [7, 11) is 0. The van der Waals surface area contributed by atoms with E-state index in [0.29, 0.717) is 32.7 Å². The lowest BCUT2D eigenvalue weighted by atomic mass is 9.94. The van der Waals surface area contributed by atoms with Gasteiger partial charge in [0.05, 0.1) is 11.6 Å². The Kier molecular flexibility index (Phi) is 7.07. The Bertz CT molecular complexity index is 1660. The van der Waals surface area contributed by atoms with Gasteiger partial charge in [-0.1, -0.05) is 59.0 Å². The minimum Gasteiger partial charge on any atom is -0.507 e. The number of amides is 1. The van der Waals surface area contributed by atoms with Crippen LogP contribution in [0.5, 0.6) is 5.75 Å². The number of nitrogens with zero attached hydrogens (tertiary/aromatic N) is 3. The molecule has 0 saturated carbocycles. The Hall–Kier alpha value is -3.73. The van der Waals surface area contributed by atoms with Crippen molar-refractivity contribution >= 4 is 57.3 Å². The number of anilines is 1. The first-order valence-corrected chi connectivity index (χ1v) is 14.5. The number of ether oxygens (including phenoxy) is 1. The van der Waals surface area contributed by atoms with Gasteiger partial charge in [0.25, 0.3) is 5.78 Å². The van der Waals surface area contributed by atoms with Gasteiger partial charge in [-0.2, -0.15) is 0 Å². The predicted octanol–water partition coefficient (Wildman–Crippen LogP) is 6.57. The zero-order valence-corrected chi connectivity index (χ0v) is 23.4. The summed E-state index contributed by atoms with van der Waals surface area (Å²) in [6.45, 7) is 1.96. The number of hydrogen-bond donors (Lipinski definition) is 1. The van der Waals surface area contributed by atoms with E-state index < -0.39 is 17.7 Å². The summed E-state index contributed by atoms with van der Waals surface area (Å²) in [6, 6.07) is 17.2. The molecule has 1 aromatic heterocycles. The number of Topliss-reactive ketones (excluding diaryl/α,β-unsaturated/α-hetero) is 1. The van der Waals surface area contributed by atoms with Gasteiger partial charge in [0.15, 0.2) is 4.34 Å². The molecule has 0 radical (unpaired) electrons. The lowest BCUT2D eigenvalue weighted by Crippen LogP contribution is -2.29. The van der Waals surface area contributed by atoms with Crippen LogP contribution in [0.15, 0.2) is 76.6 Å². The van der Waals surface area contributed by atoms with Crippen molar-refractivity contribution in [2.75, 3.05) is 4.90 Å². The number of fused-ring (bicyclic) bond motifs is 1. The molecule has 0 aliphatic carbocycles. The van der Waals surface area contributed by atoms with Crippen LogP contribution in [-0.2, 0) is 21.8 Å². The third-order valence-corrected chi connectivity index (χ3v) is 9.06. The largest absolute Gasteiger partial charge is 0.507 e. The fourth-order valence-electron chi connectivity index (χ4n) is 4.80. The van der Waals surface area contributed by atoms with Crippen LogP contribution in [0.4, 0.5) is 9.52 Å². The minimum absolute atomic E-state index is 0.0135. The van der Waals surface area contributed by atoms with Gasteiger partial charge >= 0.3 is 5.91 Å². The standard InChI is InChI=1S/C29H21ClFN3O4S2/c1-15-12-19-13-18(6-11-22(19)38-15)25(35)23-24(17-4-7-20(30)8-5-17)34(27(37)26(23)36)28-32-33-29(40-28)39-14-16-2-9-21(31)10-3-16/h2-11,13,15,24,35H,12,14H2,1H3/b25-23+. The van der Waals surface area contributed by atoms with Crippen molar-refractivity contribution in [1.82, 2.24) is 10.2 Å². The number of aromatic nitrogens is 2. The van der Waals surface area contributed by atoms with E-state index >= 15 is 0 Å². The highest BCUT2D eigenvalue weighted by molar-refractivity contribution is 8.00. The molecule has 2 unspecified atom stereocenters. The lowest BCUT2D eigenvalue weighted by molar-refractivity contribution is -0.132. The normalized spacial score (nSPS) is 19.6. The second kappa shape index (κ2) is 10.7. The number of benzene rings is 3. The van der Waals surface area contributed by atoms with Crippen LogP contribution in [-0.4, -0.2) is 33.1 Å². The second-order valence-corrected chi connectivity index (χ2v) is 12.1. The van der Waals surface area contributed by atoms with Gasteiger partial charge in [0.1, 0.15) is 23.4 Å². The van der Waals surface area contributed by atoms with Crippen molar-refractivity contribution < 1.29 is 23.8 Å². The third kappa shape index (κ3) is 4.98. The first-order chi connectivity index (χ1) is 19.3. The van der Waals surface area contributed by atoms with E-state index in [2.05, 4.69) is 10.2 Å². The summed E-state index contributed by atoms with van der Waals surface area (Å²) in [6.07, 6.45) is 0.689.